The van der Waals surface area contributed by atoms with E-state index >= 15 is 0 Å². The molecule has 0 saturated heterocycles. The second-order valence-electron chi connectivity index (χ2n) is 6.60. The fourth-order valence-corrected chi connectivity index (χ4v) is 2.74. The van der Waals surface area contributed by atoms with Gasteiger partial charge in [0, 0.05) is 18.5 Å². The van der Waals surface area contributed by atoms with Gasteiger partial charge in [-0.1, -0.05) is 54.1 Å². The molecule has 132 valence electrons. The Kier molecular flexibility index (Phi) is 5.44. The van der Waals surface area contributed by atoms with E-state index in [9.17, 15) is 0 Å². The molecule has 0 fully saturated rings. The maximum atomic E-state index is 6.11. The number of nitrogens with two attached hydrogens (primary N) is 2. The minimum absolute atomic E-state index is 0.00997. The van der Waals surface area contributed by atoms with E-state index in [1.54, 1.807) is 0 Å². The van der Waals surface area contributed by atoms with Crippen molar-refractivity contribution in [3.8, 4) is 0 Å². The molecule has 26 heavy (non-hydrogen) atoms. The van der Waals surface area contributed by atoms with Crippen LogP contribution in [0.25, 0.3) is 0 Å². The van der Waals surface area contributed by atoms with E-state index in [-0.39, 0.29) is 12.1 Å². The Balaban J connectivity index is 1.67. The van der Waals surface area contributed by atoms with Crippen LogP contribution in [-0.2, 0) is 0 Å². The molecular formula is C22H24N4. The lowest BCUT2D eigenvalue weighted by Crippen LogP contribution is -2.32. The molecule has 2 atom stereocenters. The minimum atomic E-state index is -0.0672. The normalized spacial score (nSPS) is 20.0. The zero-order valence-corrected chi connectivity index (χ0v) is 15.1. The van der Waals surface area contributed by atoms with Crippen molar-refractivity contribution in [2.24, 2.45) is 15.7 Å². The summed E-state index contributed by atoms with van der Waals surface area (Å²) in [7, 11) is 0. The van der Waals surface area contributed by atoms with E-state index in [0.717, 1.165) is 22.4 Å². The standard InChI is InChI=1S/C22H24N4/c1-15-4-10-21(20(24)11-15)25-13-17-5-7-18(8-6-17)14-26-22-12-16(2)3-9-19(22)23/h3-14,20-21H,23-24H2,1-2H3. The first kappa shape index (κ1) is 17.8. The van der Waals surface area contributed by atoms with Crippen molar-refractivity contribution < 1.29 is 0 Å². The van der Waals surface area contributed by atoms with Crippen molar-refractivity contribution in [3.63, 3.8) is 0 Å². The van der Waals surface area contributed by atoms with Crippen LogP contribution in [0.5, 0.6) is 0 Å². The van der Waals surface area contributed by atoms with Gasteiger partial charge in [0.25, 0.3) is 0 Å². The third kappa shape index (κ3) is 4.55. The molecule has 1 aliphatic carbocycles. The van der Waals surface area contributed by atoms with Crippen LogP contribution >= 0.6 is 0 Å². The smallest absolute Gasteiger partial charge is 0.0870 e. The highest BCUT2D eigenvalue weighted by atomic mass is 14.8. The first-order valence-corrected chi connectivity index (χ1v) is 8.67. The third-order valence-corrected chi connectivity index (χ3v) is 4.28. The number of hydrogen-bond acceptors (Lipinski definition) is 4. The van der Waals surface area contributed by atoms with Gasteiger partial charge in [0.05, 0.1) is 17.4 Å². The molecule has 2 aromatic rings. The first-order chi connectivity index (χ1) is 12.5. The highest BCUT2D eigenvalue weighted by Gasteiger charge is 2.13. The molecule has 0 heterocycles. The molecule has 0 saturated carbocycles. The fourth-order valence-electron chi connectivity index (χ4n) is 2.74. The molecule has 0 bridgehead atoms. The summed E-state index contributed by atoms with van der Waals surface area (Å²) in [5.74, 6) is 0. The molecule has 1 aliphatic rings. The molecule has 0 aliphatic heterocycles. The lowest BCUT2D eigenvalue weighted by atomic mass is 10.00. The van der Waals surface area contributed by atoms with Crippen LogP contribution in [-0.4, -0.2) is 24.5 Å². The van der Waals surface area contributed by atoms with Crippen molar-refractivity contribution in [1.82, 2.24) is 0 Å². The van der Waals surface area contributed by atoms with Gasteiger partial charge in [-0.2, -0.15) is 0 Å². The zero-order valence-electron chi connectivity index (χ0n) is 15.1. The monoisotopic (exact) mass is 344 g/mol. The van der Waals surface area contributed by atoms with Crippen molar-refractivity contribution in [3.05, 3.63) is 83.0 Å². The summed E-state index contributed by atoms with van der Waals surface area (Å²) in [4.78, 5) is 9.07. The van der Waals surface area contributed by atoms with Crippen LogP contribution in [0.3, 0.4) is 0 Å². The van der Waals surface area contributed by atoms with Gasteiger partial charge < -0.3 is 11.5 Å². The minimum Gasteiger partial charge on any atom is -0.397 e. The highest BCUT2D eigenvalue weighted by Crippen LogP contribution is 2.22. The van der Waals surface area contributed by atoms with Gasteiger partial charge in [0.15, 0.2) is 0 Å². The summed E-state index contributed by atoms with van der Waals surface area (Å²) in [5.41, 5.74) is 17.9. The topological polar surface area (TPSA) is 76.8 Å². The Morgan fingerprint density at radius 2 is 1.65 bits per heavy atom. The first-order valence-electron chi connectivity index (χ1n) is 8.67. The molecule has 0 spiro atoms. The Morgan fingerprint density at radius 1 is 0.962 bits per heavy atom. The molecule has 0 aromatic heterocycles. The van der Waals surface area contributed by atoms with E-state index < -0.39 is 0 Å². The molecule has 0 radical (unpaired) electrons. The average Bonchev–Trinajstić information content (AvgIpc) is 2.63. The average molecular weight is 344 g/mol. The number of benzene rings is 2. The summed E-state index contributed by atoms with van der Waals surface area (Å²) >= 11 is 0. The maximum absolute atomic E-state index is 6.11. The predicted octanol–water partition coefficient (Wildman–Crippen LogP) is 3.96. The molecule has 2 unspecified atom stereocenters. The van der Waals surface area contributed by atoms with Gasteiger partial charge >= 0.3 is 0 Å². The van der Waals surface area contributed by atoms with E-state index in [2.05, 4.69) is 16.1 Å². The third-order valence-electron chi connectivity index (χ3n) is 4.28. The van der Waals surface area contributed by atoms with Crippen LogP contribution in [0.2, 0.25) is 0 Å². The summed E-state index contributed by atoms with van der Waals surface area (Å²) in [6.07, 6.45) is 9.83. The Hall–Kier alpha value is -2.98. The molecule has 0 amide bonds. The number of nitrogens with zero attached hydrogens (tertiary/aromatic N) is 2. The van der Waals surface area contributed by atoms with Crippen molar-refractivity contribution in [2.45, 2.75) is 25.9 Å². The molecule has 3 rings (SSSR count). The largest absolute Gasteiger partial charge is 0.397 e. The van der Waals surface area contributed by atoms with Gasteiger partial charge in [0.1, 0.15) is 0 Å². The van der Waals surface area contributed by atoms with Gasteiger partial charge in [-0.15, -0.1) is 0 Å². The number of nitrogen functional groups attached to an aromatic ring is 1. The van der Waals surface area contributed by atoms with Gasteiger partial charge in [-0.05, 0) is 42.7 Å². The lowest BCUT2D eigenvalue weighted by Gasteiger charge is -2.17. The van der Waals surface area contributed by atoms with Crippen LogP contribution in [0.15, 0.2) is 76.3 Å². The van der Waals surface area contributed by atoms with Gasteiger partial charge in [-0.3, -0.25) is 9.98 Å². The molecule has 2 aromatic carbocycles. The summed E-state index contributed by atoms with van der Waals surface area (Å²) in [6.45, 7) is 4.07. The van der Waals surface area contributed by atoms with Crippen LogP contribution in [0.4, 0.5) is 11.4 Å². The maximum Gasteiger partial charge on any atom is 0.0870 e. The predicted molar refractivity (Wildman–Crippen MR) is 112 cm³/mol. The lowest BCUT2D eigenvalue weighted by molar-refractivity contribution is 0.698. The van der Waals surface area contributed by atoms with E-state index in [1.165, 1.54) is 5.57 Å². The van der Waals surface area contributed by atoms with E-state index in [0.29, 0.717) is 5.69 Å². The van der Waals surface area contributed by atoms with Gasteiger partial charge in [0.2, 0.25) is 0 Å². The highest BCUT2D eigenvalue weighted by molar-refractivity contribution is 5.86. The number of hydrogen-bond donors (Lipinski definition) is 2. The summed E-state index contributed by atoms with van der Waals surface area (Å²) < 4.78 is 0. The van der Waals surface area contributed by atoms with E-state index in [1.807, 2.05) is 80.9 Å². The molecular weight excluding hydrogens is 320 g/mol. The van der Waals surface area contributed by atoms with Gasteiger partial charge in [-0.25, -0.2) is 0 Å². The number of aliphatic imine (C=N–C) groups is 2. The Labute approximate surface area is 154 Å². The quantitative estimate of drug-likeness (QED) is 0.650. The zero-order chi connectivity index (χ0) is 18.5. The van der Waals surface area contributed by atoms with Crippen molar-refractivity contribution >= 4 is 23.8 Å². The number of allylic oxidation sites excluding steroid dienone is 2. The Bertz CT molecular complexity index is 889. The fraction of sp³-hybridized carbons (Fsp3) is 0.182. The second kappa shape index (κ2) is 7.93. The Morgan fingerprint density at radius 3 is 2.35 bits per heavy atom. The van der Waals surface area contributed by atoms with E-state index in [4.69, 9.17) is 11.5 Å². The number of anilines is 1. The summed E-state index contributed by atoms with van der Waals surface area (Å²) in [6, 6.07) is 13.8. The molecule has 4 heteroatoms. The van der Waals surface area contributed by atoms with Crippen molar-refractivity contribution in [1.29, 1.82) is 0 Å². The number of aryl methyl sites for hydroxylation is 1. The SMILES string of the molecule is CC1=CC(N)C(N=Cc2ccc(C=Nc3cc(C)ccc3N)cc2)C=C1. The van der Waals surface area contributed by atoms with Crippen LogP contribution in [0, 0.1) is 6.92 Å². The molecule has 4 N–H and O–H groups in total. The number of rotatable bonds is 4. The van der Waals surface area contributed by atoms with Crippen LogP contribution < -0.4 is 11.5 Å². The second-order valence-corrected chi connectivity index (χ2v) is 6.60. The summed E-state index contributed by atoms with van der Waals surface area (Å²) in [5, 5.41) is 0. The van der Waals surface area contributed by atoms with Crippen molar-refractivity contribution in [2.75, 3.05) is 5.73 Å². The molecule has 4 nitrogen and oxygen atoms in total. The van der Waals surface area contributed by atoms with Crippen LogP contribution in [0.1, 0.15) is 23.6 Å².